The van der Waals surface area contributed by atoms with Gasteiger partial charge in [0.05, 0.1) is 0 Å². The molecule has 0 N–H and O–H groups in total. The van der Waals surface area contributed by atoms with E-state index in [1.54, 1.807) is 0 Å². The average molecular weight is 150 g/mol. The Morgan fingerprint density at radius 2 is 1.18 bits per heavy atom. The van der Waals surface area contributed by atoms with Gasteiger partial charge < -0.3 is 0 Å². The van der Waals surface area contributed by atoms with Crippen LogP contribution in [0.1, 0.15) is 19.3 Å². The molecule has 0 aromatic rings. The van der Waals surface area contributed by atoms with Gasteiger partial charge in [-0.2, -0.15) is 0 Å². The van der Waals surface area contributed by atoms with Crippen molar-refractivity contribution in [3.63, 3.8) is 0 Å². The van der Waals surface area contributed by atoms with E-state index < -0.39 is 0 Å². The van der Waals surface area contributed by atoms with Crippen LogP contribution < -0.4 is 0 Å². The van der Waals surface area contributed by atoms with Crippen LogP contribution in [-0.4, -0.2) is 13.4 Å². The molecule has 0 spiro atoms. The molecule has 0 heterocycles. The molecule has 1 fully saturated rings. The van der Waals surface area contributed by atoms with Crippen LogP contribution in [0.3, 0.4) is 0 Å². The van der Waals surface area contributed by atoms with Gasteiger partial charge in [0.15, 0.2) is 0 Å². The molecule has 2 heteroatoms. The molecule has 1 aliphatic carbocycles. The molecule has 0 aromatic carbocycles. The third kappa shape index (κ3) is 2.28. The minimum absolute atomic E-state index is 0.916. The van der Waals surface area contributed by atoms with E-state index in [-0.39, 0.29) is 0 Å². The Balaban J connectivity index is 2.35. The van der Waals surface area contributed by atoms with Crippen molar-refractivity contribution in [2.45, 2.75) is 58.2 Å². The predicted molar refractivity (Wildman–Crippen MR) is 56.3 cm³/mol. The van der Waals surface area contributed by atoms with Gasteiger partial charge in [-0.3, -0.25) is 0 Å². The minimum Gasteiger partial charge on any atom is -0.0861 e. The van der Waals surface area contributed by atoms with Crippen molar-refractivity contribution >= 4 is 13.4 Å². The molecule has 0 aliphatic heterocycles. The molecule has 0 nitrogen and oxygen atoms in total. The lowest BCUT2D eigenvalue weighted by Gasteiger charge is -2.13. The smallest absolute Gasteiger partial charge is 0.0861 e. The molecule has 0 aromatic heterocycles. The highest BCUT2D eigenvalue weighted by Gasteiger charge is 2.30. The summed E-state index contributed by atoms with van der Waals surface area (Å²) < 4.78 is 0. The summed E-state index contributed by atoms with van der Waals surface area (Å²) in [5.74, 6) is 2.06. The van der Waals surface area contributed by atoms with Crippen LogP contribution >= 0.6 is 0 Å². The van der Waals surface area contributed by atoms with Crippen molar-refractivity contribution in [2.24, 2.45) is 0 Å². The number of rotatable bonds is 2. The van der Waals surface area contributed by atoms with Gasteiger partial charge in [0.2, 0.25) is 0 Å². The SMILES string of the molecule is CB(C)C1CCC(B(C)C)C1. The summed E-state index contributed by atoms with van der Waals surface area (Å²) in [4.78, 5) is 0. The van der Waals surface area contributed by atoms with Gasteiger partial charge in [-0.25, -0.2) is 0 Å². The van der Waals surface area contributed by atoms with Crippen molar-refractivity contribution in [3.05, 3.63) is 0 Å². The van der Waals surface area contributed by atoms with Crippen molar-refractivity contribution in [1.29, 1.82) is 0 Å². The van der Waals surface area contributed by atoms with Crippen LogP contribution in [0.4, 0.5) is 0 Å². The summed E-state index contributed by atoms with van der Waals surface area (Å²) in [5.41, 5.74) is 0. The van der Waals surface area contributed by atoms with Gasteiger partial charge in [0.25, 0.3) is 0 Å². The Kier molecular flexibility index (Phi) is 3.09. The van der Waals surface area contributed by atoms with Crippen LogP contribution in [0, 0.1) is 0 Å². The highest BCUT2D eigenvalue weighted by atomic mass is 14.2. The topological polar surface area (TPSA) is 0 Å². The Morgan fingerprint density at radius 1 is 0.818 bits per heavy atom. The Hall–Kier alpha value is 0.130. The fourth-order valence-electron chi connectivity index (χ4n) is 2.26. The maximum absolute atomic E-state index is 2.37. The first-order chi connectivity index (χ1) is 5.11. The summed E-state index contributed by atoms with van der Waals surface area (Å²) in [6.07, 6.45) is 4.47. The molecule has 0 radical (unpaired) electrons. The van der Waals surface area contributed by atoms with Crippen LogP contribution in [0.2, 0.25) is 38.9 Å². The molecule has 0 saturated heterocycles. The Morgan fingerprint density at radius 3 is 1.36 bits per heavy atom. The average Bonchev–Trinajstić information content (AvgIpc) is 2.33. The molecule has 0 bridgehead atoms. The first-order valence-electron chi connectivity index (χ1n) is 5.11. The van der Waals surface area contributed by atoms with Gasteiger partial charge in [0.1, 0.15) is 13.4 Å². The van der Waals surface area contributed by atoms with E-state index in [0.717, 1.165) is 25.1 Å². The summed E-state index contributed by atoms with van der Waals surface area (Å²) in [5, 5.41) is 0. The first-order valence-corrected chi connectivity index (χ1v) is 5.11. The van der Waals surface area contributed by atoms with E-state index in [0.29, 0.717) is 0 Å². The van der Waals surface area contributed by atoms with Gasteiger partial charge in [-0.05, 0) is 0 Å². The second kappa shape index (κ2) is 3.69. The minimum atomic E-state index is 0.916. The van der Waals surface area contributed by atoms with E-state index in [4.69, 9.17) is 0 Å². The maximum Gasteiger partial charge on any atom is 0.136 e. The molecule has 1 saturated carbocycles. The summed E-state index contributed by atoms with van der Waals surface area (Å²) in [6.45, 7) is 11.3. The van der Waals surface area contributed by atoms with Crippen LogP contribution in [0.5, 0.6) is 0 Å². The van der Waals surface area contributed by atoms with Crippen molar-refractivity contribution < 1.29 is 0 Å². The normalized spacial score (nSPS) is 30.5. The lowest BCUT2D eigenvalue weighted by Crippen LogP contribution is -2.12. The fraction of sp³-hybridized carbons (Fsp3) is 1.00. The Labute approximate surface area is 72.3 Å². The molecule has 0 amide bonds. The molecule has 2 unspecified atom stereocenters. The van der Waals surface area contributed by atoms with E-state index in [1.807, 2.05) is 0 Å². The third-order valence-electron chi connectivity index (χ3n) is 3.40. The number of hydrogen-bond acceptors (Lipinski definition) is 0. The van der Waals surface area contributed by atoms with E-state index in [2.05, 4.69) is 27.3 Å². The van der Waals surface area contributed by atoms with E-state index in [9.17, 15) is 0 Å². The molecular formula is C9H20B2. The molecule has 2 atom stereocenters. The lowest BCUT2D eigenvalue weighted by atomic mass is 9.41. The largest absolute Gasteiger partial charge is 0.136 e. The van der Waals surface area contributed by atoms with Crippen molar-refractivity contribution in [1.82, 2.24) is 0 Å². The zero-order valence-electron chi connectivity index (χ0n) is 8.43. The second-order valence-corrected chi connectivity index (χ2v) is 4.82. The highest BCUT2D eigenvalue weighted by molar-refractivity contribution is 6.60. The van der Waals surface area contributed by atoms with Gasteiger partial charge in [0, 0.05) is 0 Å². The van der Waals surface area contributed by atoms with Gasteiger partial charge in [-0.1, -0.05) is 58.2 Å². The highest BCUT2D eigenvalue weighted by Crippen LogP contribution is 2.42. The van der Waals surface area contributed by atoms with Crippen molar-refractivity contribution in [3.8, 4) is 0 Å². The second-order valence-electron chi connectivity index (χ2n) is 4.82. The van der Waals surface area contributed by atoms with Crippen LogP contribution in [0.15, 0.2) is 0 Å². The molecule has 1 aliphatic rings. The molecule has 62 valence electrons. The lowest BCUT2D eigenvalue weighted by molar-refractivity contribution is 0.848. The summed E-state index contributed by atoms with van der Waals surface area (Å²) in [6, 6.07) is 0. The zero-order chi connectivity index (χ0) is 8.43. The fourth-order valence-corrected chi connectivity index (χ4v) is 2.26. The maximum atomic E-state index is 2.37. The van der Waals surface area contributed by atoms with Crippen LogP contribution in [-0.2, 0) is 0 Å². The Bertz CT molecular complexity index is 107. The zero-order valence-corrected chi connectivity index (χ0v) is 8.43. The first kappa shape index (κ1) is 9.22. The standard InChI is InChI=1S/C9H20B2/c1-10(2)8-5-6-9(7-8)11(3)4/h8-9H,5-7H2,1-4H3. The third-order valence-corrected chi connectivity index (χ3v) is 3.40. The van der Waals surface area contributed by atoms with E-state index >= 15 is 0 Å². The summed E-state index contributed by atoms with van der Waals surface area (Å²) >= 11 is 0. The van der Waals surface area contributed by atoms with Crippen molar-refractivity contribution in [2.75, 3.05) is 0 Å². The quantitative estimate of drug-likeness (QED) is 0.528. The van der Waals surface area contributed by atoms with Crippen LogP contribution in [0.25, 0.3) is 0 Å². The van der Waals surface area contributed by atoms with Gasteiger partial charge in [-0.15, -0.1) is 0 Å². The van der Waals surface area contributed by atoms with Gasteiger partial charge >= 0.3 is 0 Å². The molecule has 1 rings (SSSR count). The predicted octanol–water partition coefficient (Wildman–Crippen LogP) is 3.42. The molecular weight excluding hydrogens is 130 g/mol. The number of hydrogen-bond donors (Lipinski definition) is 0. The summed E-state index contributed by atoms with van der Waals surface area (Å²) in [7, 11) is 0. The van der Waals surface area contributed by atoms with E-state index in [1.165, 1.54) is 19.3 Å². The molecule has 11 heavy (non-hydrogen) atoms. The monoisotopic (exact) mass is 150 g/mol.